The molecule has 8 heteroatoms. The average Bonchev–Trinajstić information content (AvgIpc) is 3.13. The van der Waals surface area contributed by atoms with Crippen LogP contribution in [0.3, 0.4) is 0 Å². The molecule has 1 aliphatic heterocycles. The van der Waals surface area contributed by atoms with Crippen LogP contribution in [0.1, 0.15) is 16.8 Å². The van der Waals surface area contributed by atoms with E-state index in [9.17, 15) is 10.1 Å². The Hall–Kier alpha value is -2.25. The van der Waals surface area contributed by atoms with Gasteiger partial charge < -0.3 is 9.30 Å². The first-order valence-corrected chi connectivity index (χ1v) is 8.61. The predicted octanol–water partition coefficient (Wildman–Crippen LogP) is 4.40. The molecule has 2 aromatic carbocycles. The van der Waals surface area contributed by atoms with Crippen molar-refractivity contribution in [1.82, 2.24) is 9.55 Å². The van der Waals surface area contributed by atoms with Crippen molar-refractivity contribution in [2.24, 2.45) is 0 Å². The maximum atomic E-state index is 11.1. The van der Waals surface area contributed by atoms with E-state index in [1.54, 1.807) is 31.0 Å². The van der Waals surface area contributed by atoms with Gasteiger partial charge in [-0.15, -0.1) is 11.8 Å². The molecule has 1 aliphatic rings. The van der Waals surface area contributed by atoms with Gasteiger partial charge >= 0.3 is 0 Å². The first kappa shape index (κ1) is 15.3. The second-order valence-electron chi connectivity index (χ2n) is 5.38. The number of hydrogen-bond donors (Lipinski definition) is 0. The van der Waals surface area contributed by atoms with Gasteiger partial charge in [-0.05, 0) is 18.2 Å². The number of hydrogen-bond acceptors (Lipinski definition) is 5. The molecule has 24 heavy (non-hydrogen) atoms. The minimum atomic E-state index is -0.406. The molecule has 2 heterocycles. The van der Waals surface area contributed by atoms with Gasteiger partial charge in [-0.1, -0.05) is 11.6 Å². The molecule has 0 radical (unpaired) electrons. The predicted molar refractivity (Wildman–Crippen MR) is 93.8 cm³/mol. The van der Waals surface area contributed by atoms with Crippen molar-refractivity contribution >= 4 is 40.1 Å². The molecule has 0 N–H and O–H groups in total. The van der Waals surface area contributed by atoms with Gasteiger partial charge in [-0.2, -0.15) is 0 Å². The number of non-ortho nitro benzene ring substituents is 1. The molecular formula is C16H12ClN3O3S. The molecule has 3 aromatic rings. The van der Waals surface area contributed by atoms with Crippen LogP contribution in [0.15, 0.2) is 36.4 Å². The fourth-order valence-corrected chi connectivity index (χ4v) is 4.46. The van der Waals surface area contributed by atoms with Crippen LogP contribution in [-0.4, -0.2) is 21.6 Å². The highest BCUT2D eigenvalue weighted by molar-refractivity contribution is 7.99. The lowest BCUT2D eigenvalue weighted by atomic mass is 10.2. The largest absolute Gasteiger partial charge is 0.497 e. The lowest BCUT2D eigenvalue weighted by Crippen LogP contribution is -2.04. The molecule has 1 atom stereocenters. The zero-order valence-electron chi connectivity index (χ0n) is 12.6. The Morgan fingerprint density at radius 2 is 2.21 bits per heavy atom. The van der Waals surface area contributed by atoms with E-state index in [-0.39, 0.29) is 11.1 Å². The molecule has 0 amide bonds. The van der Waals surface area contributed by atoms with Crippen molar-refractivity contribution in [2.45, 2.75) is 11.1 Å². The van der Waals surface area contributed by atoms with E-state index in [4.69, 9.17) is 16.3 Å². The van der Waals surface area contributed by atoms with E-state index in [2.05, 4.69) is 9.55 Å². The van der Waals surface area contributed by atoms with Gasteiger partial charge in [0.15, 0.2) is 0 Å². The van der Waals surface area contributed by atoms with Crippen molar-refractivity contribution in [1.29, 1.82) is 0 Å². The van der Waals surface area contributed by atoms with Crippen LogP contribution in [0.25, 0.3) is 11.0 Å². The van der Waals surface area contributed by atoms with Crippen molar-refractivity contribution < 1.29 is 9.66 Å². The zero-order valence-corrected chi connectivity index (χ0v) is 14.2. The average molecular weight is 362 g/mol. The maximum Gasteiger partial charge on any atom is 0.269 e. The third-order valence-corrected chi connectivity index (χ3v) is 5.58. The quantitative estimate of drug-likeness (QED) is 0.510. The number of methoxy groups -OCH3 is 1. The molecule has 0 spiro atoms. The summed E-state index contributed by atoms with van der Waals surface area (Å²) in [6.07, 6.45) is 0. The van der Waals surface area contributed by atoms with Crippen LogP contribution in [0.5, 0.6) is 5.75 Å². The van der Waals surface area contributed by atoms with Gasteiger partial charge in [0.1, 0.15) is 16.9 Å². The number of benzene rings is 2. The highest BCUT2D eigenvalue weighted by atomic mass is 35.5. The number of rotatable bonds is 3. The highest BCUT2D eigenvalue weighted by Gasteiger charge is 2.30. The second-order valence-corrected chi connectivity index (χ2v) is 6.85. The highest BCUT2D eigenvalue weighted by Crippen LogP contribution is 2.45. The Labute approximate surface area is 146 Å². The lowest BCUT2D eigenvalue weighted by Gasteiger charge is -2.15. The van der Waals surface area contributed by atoms with Crippen molar-refractivity contribution in [3.63, 3.8) is 0 Å². The summed E-state index contributed by atoms with van der Waals surface area (Å²) in [5, 5.41) is 11.5. The topological polar surface area (TPSA) is 70.2 Å². The summed E-state index contributed by atoms with van der Waals surface area (Å²) >= 11 is 7.98. The monoisotopic (exact) mass is 361 g/mol. The summed E-state index contributed by atoms with van der Waals surface area (Å²) in [7, 11) is 1.62. The summed E-state index contributed by atoms with van der Waals surface area (Å²) in [6.45, 7) is 0. The number of nitrogens with zero attached hydrogens (tertiary/aromatic N) is 3. The Bertz CT molecular complexity index is 973. The number of imidazole rings is 1. The third-order valence-electron chi connectivity index (χ3n) is 4.03. The number of halogens is 1. The van der Waals surface area contributed by atoms with Gasteiger partial charge in [0.05, 0.1) is 28.8 Å². The Morgan fingerprint density at radius 1 is 1.38 bits per heavy atom. The number of nitro benzene ring substituents is 1. The third kappa shape index (κ3) is 2.32. The van der Waals surface area contributed by atoms with Crippen molar-refractivity contribution in [2.75, 3.05) is 7.11 Å². The van der Waals surface area contributed by atoms with Gasteiger partial charge in [0, 0.05) is 28.8 Å². The Kier molecular flexibility index (Phi) is 3.62. The Morgan fingerprint density at radius 3 is 2.96 bits per heavy atom. The summed E-state index contributed by atoms with van der Waals surface area (Å²) in [6, 6.07) is 10.3. The molecular weight excluding hydrogens is 350 g/mol. The first-order chi connectivity index (χ1) is 11.6. The SMILES string of the molecule is COc1ccc2c(c1)nc1n2C(c2cc([N+](=O)[O-])ccc2Cl)SC1. The summed E-state index contributed by atoms with van der Waals surface area (Å²) < 4.78 is 7.33. The van der Waals surface area contributed by atoms with E-state index in [0.29, 0.717) is 5.02 Å². The molecule has 6 nitrogen and oxygen atoms in total. The van der Waals surface area contributed by atoms with Gasteiger partial charge in [-0.3, -0.25) is 10.1 Å². The first-order valence-electron chi connectivity index (χ1n) is 7.19. The number of aromatic nitrogens is 2. The summed E-state index contributed by atoms with van der Waals surface area (Å²) in [4.78, 5) is 15.3. The lowest BCUT2D eigenvalue weighted by molar-refractivity contribution is -0.384. The number of ether oxygens (including phenoxy) is 1. The minimum absolute atomic E-state index is 0.0366. The molecule has 0 saturated carbocycles. The standard InChI is InChI=1S/C16H12ClN3O3S/c1-23-10-3-5-14-13(7-10)18-15-8-24-16(19(14)15)11-6-9(20(21)22)2-4-12(11)17/h2-7,16H,8H2,1H3. The number of fused-ring (bicyclic) bond motifs is 3. The molecule has 0 fully saturated rings. The van der Waals surface area contributed by atoms with Crippen molar-refractivity contribution in [3.05, 3.63) is 62.9 Å². The van der Waals surface area contributed by atoms with Crippen LogP contribution in [0.4, 0.5) is 5.69 Å². The molecule has 0 aliphatic carbocycles. The van der Waals surface area contributed by atoms with E-state index in [1.165, 1.54) is 6.07 Å². The number of thioether (sulfide) groups is 1. The van der Waals surface area contributed by atoms with Crippen molar-refractivity contribution in [3.8, 4) is 5.75 Å². The molecule has 0 bridgehead atoms. The van der Waals surface area contributed by atoms with Gasteiger partial charge in [0.25, 0.3) is 5.69 Å². The van der Waals surface area contributed by atoms with E-state index in [1.807, 2.05) is 18.2 Å². The summed E-state index contributed by atoms with van der Waals surface area (Å²) in [5.41, 5.74) is 2.57. The molecule has 0 saturated heterocycles. The smallest absolute Gasteiger partial charge is 0.269 e. The molecule has 1 unspecified atom stereocenters. The fraction of sp³-hybridized carbons (Fsp3) is 0.188. The Balaban J connectivity index is 1.87. The zero-order chi connectivity index (χ0) is 16.8. The van der Waals surface area contributed by atoms with E-state index in [0.717, 1.165) is 33.9 Å². The van der Waals surface area contributed by atoms with Crippen LogP contribution < -0.4 is 4.74 Å². The van der Waals surface area contributed by atoms with Gasteiger partial charge in [0.2, 0.25) is 0 Å². The molecule has 4 rings (SSSR count). The van der Waals surface area contributed by atoms with Crippen LogP contribution in [-0.2, 0) is 5.75 Å². The summed E-state index contributed by atoms with van der Waals surface area (Å²) in [5.74, 6) is 2.40. The normalized spacial score (nSPS) is 16.3. The van der Waals surface area contributed by atoms with Gasteiger partial charge in [-0.25, -0.2) is 4.98 Å². The second kappa shape index (κ2) is 5.68. The minimum Gasteiger partial charge on any atom is -0.497 e. The fourth-order valence-electron chi connectivity index (χ4n) is 2.91. The van der Waals surface area contributed by atoms with E-state index >= 15 is 0 Å². The van der Waals surface area contributed by atoms with Crippen LogP contribution >= 0.6 is 23.4 Å². The molecule has 1 aromatic heterocycles. The maximum absolute atomic E-state index is 11.1. The van der Waals surface area contributed by atoms with E-state index < -0.39 is 4.92 Å². The van der Waals surface area contributed by atoms with Crippen LogP contribution in [0, 0.1) is 10.1 Å². The molecule has 122 valence electrons. The number of nitro groups is 1. The van der Waals surface area contributed by atoms with Crippen LogP contribution in [0.2, 0.25) is 5.02 Å².